The Hall–Kier alpha value is 0.140. The van der Waals surface area contributed by atoms with E-state index in [0.29, 0.717) is 6.04 Å². The van der Waals surface area contributed by atoms with Gasteiger partial charge in [0.1, 0.15) is 0 Å². The SMILES string of the molecule is Brc1ccc(C2CCN2)s1. The van der Waals surface area contributed by atoms with E-state index in [1.165, 1.54) is 21.6 Å². The molecule has 1 nitrogen and oxygen atoms in total. The minimum Gasteiger partial charge on any atom is -0.309 e. The van der Waals surface area contributed by atoms with Crippen molar-refractivity contribution in [3.63, 3.8) is 0 Å². The van der Waals surface area contributed by atoms with Crippen molar-refractivity contribution in [2.45, 2.75) is 12.5 Å². The third kappa shape index (κ3) is 1.13. The Labute approximate surface area is 72.6 Å². The van der Waals surface area contributed by atoms with Crippen LogP contribution in [0.15, 0.2) is 15.9 Å². The van der Waals surface area contributed by atoms with E-state index in [0.717, 1.165) is 0 Å². The maximum Gasteiger partial charge on any atom is 0.0701 e. The quantitative estimate of drug-likeness (QED) is 0.763. The molecule has 0 bridgehead atoms. The summed E-state index contributed by atoms with van der Waals surface area (Å²) in [6, 6.07) is 4.95. The van der Waals surface area contributed by atoms with Gasteiger partial charge in [-0.15, -0.1) is 11.3 Å². The first-order valence-electron chi connectivity index (χ1n) is 3.35. The van der Waals surface area contributed by atoms with Gasteiger partial charge in [-0.3, -0.25) is 0 Å². The average Bonchev–Trinajstić information content (AvgIpc) is 2.10. The zero-order valence-electron chi connectivity index (χ0n) is 5.43. The number of halogens is 1. The van der Waals surface area contributed by atoms with E-state index in [4.69, 9.17) is 0 Å². The van der Waals surface area contributed by atoms with Gasteiger partial charge in [0.2, 0.25) is 0 Å². The van der Waals surface area contributed by atoms with Crippen LogP contribution in [0.1, 0.15) is 17.3 Å². The Morgan fingerprint density at radius 3 is 2.80 bits per heavy atom. The number of hydrogen-bond acceptors (Lipinski definition) is 2. The van der Waals surface area contributed by atoms with Crippen LogP contribution in [0.3, 0.4) is 0 Å². The van der Waals surface area contributed by atoms with Crippen LogP contribution in [-0.2, 0) is 0 Å². The highest BCUT2D eigenvalue weighted by molar-refractivity contribution is 9.11. The molecule has 1 aromatic rings. The Morgan fingerprint density at radius 2 is 2.40 bits per heavy atom. The van der Waals surface area contributed by atoms with Crippen molar-refractivity contribution in [3.8, 4) is 0 Å². The van der Waals surface area contributed by atoms with Crippen LogP contribution in [0.5, 0.6) is 0 Å². The molecular formula is C7H8BrNS. The van der Waals surface area contributed by atoms with Crippen LogP contribution >= 0.6 is 27.3 Å². The molecule has 1 fully saturated rings. The van der Waals surface area contributed by atoms with Crippen molar-refractivity contribution in [1.29, 1.82) is 0 Å². The van der Waals surface area contributed by atoms with Crippen LogP contribution in [0.25, 0.3) is 0 Å². The molecule has 10 heavy (non-hydrogen) atoms. The minimum absolute atomic E-state index is 0.649. The molecule has 1 aliphatic heterocycles. The van der Waals surface area contributed by atoms with Gasteiger partial charge in [-0.2, -0.15) is 0 Å². The summed E-state index contributed by atoms with van der Waals surface area (Å²) in [6.07, 6.45) is 1.30. The summed E-state index contributed by atoms with van der Waals surface area (Å²) >= 11 is 5.27. The third-order valence-corrected chi connectivity index (χ3v) is 3.50. The molecule has 0 saturated carbocycles. The molecule has 0 spiro atoms. The Morgan fingerprint density at radius 1 is 1.60 bits per heavy atom. The Bertz CT molecular complexity index is 229. The van der Waals surface area contributed by atoms with Crippen LogP contribution in [0, 0.1) is 0 Å². The molecule has 1 aliphatic rings. The molecular weight excluding hydrogens is 210 g/mol. The fourth-order valence-electron chi connectivity index (χ4n) is 1.05. The van der Waals surface area contributed by atoms with E-state index in [1.54, 1.807) is 0 Å². The van der Waals surface area contributed by atoms with E-state index in [-0.39, 0.29) is 0 Å². The smallest absolute Gasteiger partial charge is 0.0701 e. The summed E-state index contributed by atoms with van der Waals surface area (Å²) in [7, 11) is 0. The summed E-state index contributed by atoms with van der Waals surface area (Å²) in [6.45, 7) is 1.18. The molecule has 2 heterocycles. The summed E-state index contributed by atoms with van der Waals surface area (Å²) in [5, 5.41) is 3.36. The number of hydrogen-bond donors (Lipinski definition) is 1. The maximum absolute atomic E-state index is 3.44. The van der Waals surface area contributed by atoms with Crippen molar-refractivity contribution < 1.29 is 0 Å². The predicted molar refractivity (Wildman–Crippen MR) is 47.4 cm³/mol. The second-order valence-electron chi connectivity index (χ2n) is 2.44. The zero-order valence-corrected chi connectivity index (χ0v) is 7.83. The van der Waals surface area contributed by atoms with Gasteiger partial charge >= 0.3 is 0 Å². The molecule has 0 radical (unpaired) electrons. The van der Waals surface area contributed by atoms with Gasteiger partial charge in [0.15, 0.2) is 0 Å². The molecule has 0 amide bonds. The van der Waals surface area contributed by atoms with Gasteiger partial charge in [-0.05, 0) is 41.0 Å². The lowest BCUT2D eigenvalue weighted by Crippen LogP contribution is -2.34. The van der Waals surface area contributed by atoms with Crippen molar-refractivity contribution in [3.05, 3.63) is 20.8 Å². The highest BCUT2D eigenvalue weighted by Gasteiger charge is 2.19. The highest BCUT2D eigenvalue weighted by Crippen LogP contribution is 2.31. The van der Waals surface area contributed by atoms with Gasteiger partial charge in [0.25, 0.3) is 0 Å². The third-order valence-electron chi connectivity index (χ3n) is 1.76. The van der Waals surface area contributed by atoms with Crippen molar-refractivity contribution in [2.75, 3.05) is 6.54 Å². The Kier molecular flexibility index (Phi) is 1.80. The monoisotopic (exact) mass is 217 g/mol. The predicted octanol–water partition coefficient (Wildman–Crippen LogP) is 2.54. The van der Waals surface area contributed by atoms with Crippen molar-refractivity contribution >= 4 is 27.3 Å². The fourth-order valence-corrected chi connectivity index (χ4v) is 2.58. The minimum atomic E-state index is 0.649. The largest absolute Gasteiger partial charge is 0.309 e. The van der Waals surface area contributed by atoms with Crippen LogP contribution in [0.2, 0.25) is 0 Å². The number of nitrogens with one attached hydrogen (secondary N) is 1. The van der Waals surface area contributed by atoms with Gasteiger partial charge in [-0.1, -0.05) is 0 Å². The first-order valence-corrected chi connectivity index (χ1v) is 4.96. The van der Waals surface area contributed by atoms with E-state index < -0.39 is 0 Å². The van der Waals surface area contributed by atoms with Gasteiger partial charge in [-0.25, -0.2) is 0 Å². The molecule has 1 N–H and O–H groups in total. The second kappa shape index (κ2) is 2.64. The molecule has 1 atom stereocenters. The first-order chi connectivity index (χ1) is 4.86. The van der Waals surface area contributed by atoms with E-state index in [1.807, 2.05) is 11.3 Å². The lowest BCUT2D eigenvalue weighted by atomic mass is 10.1. The first kappa shape index (κ1) is 6.83. The lowest BCUT2D eigenvalue weighted by molar-refractivity contribution is 0.389. The highest BCUT2D eigenvalue weighted by atomic mass is 79.9. The number of rotatable bonds is 1. The van der Waals surface area contributed by atoms with Crippen LogP contribution < -0.4 is 5.32 Å². The molecule has 3 heteroatoms. The molecule has 1 unspecified atom stereocenters. The lowest BCUT2D eigenvalue weighted by Gasteiger charge is -2.26. The summed E-state index contributed by atoms with van der Waals surface area (Å²) in [5.74, 6) is 0. The molecule has 2 rings (SSSR count). The van der Waals surface area contributed by atoms with Crippen molar-refractivity contribution in [1.82, 2.24) is 5.32 Å². The molecule has 0 aromatic carbocycles. The number of thiophene rings is 1. The fraction of sp³-hybridized carbons (Fsp3) is 0.429. The molecule has 54 valence electrons. The summed E-state index contributed by atoms with van der Waals surface area (Å²) in [4.78, 5) is 1.46. The van der Waals surface area contributed by atoms with Gasteiger partial charge in [0, 0.05) is 10.9 Å². The second-order valence-corrected chi connectivity index (χ2v) is 4.93. The average molecular weight is 218 g/mol. The van der Waals surface area contributed by atoms with Gasteiger partial charge in [0.05, 0.1) is 3.79 Å². The van der Waals surface area contributed by atoms with Crippen LogP contribution in [0.4, 0.5) is 0 Å². The zero-order chi connectivity index (χ0) is 6.97. The van der Waals surface area contributed by atoms with E-state index >= 15 is 0 Å². The van der Waals surface area contributed by atoms with Crippen LogP contribution in [-0.4, -0.2) is 6.54 Å². The molecule has 0 aliphatic carbocycles. The topological polar surface area (TPSA) is 12.0 Å². The molecule has 1 aromatic heterocycles. The normalized spacial score (nSPS) is 24.3. The molecule has 1 saturated heterocycles. The summed E-state index contributed by atoms with van der Waals surface area (Å²) in [5.41, 5.74) is 0. The van der Waals surface area contributed by atoms with E-state index in [2.05, 4.69) is 33.4 Å². The maximum atomic E-state index is 3.44. The standard InChI is InChI=1S/C7H8BrNS/c8-7-2-1-6(10-7)5-3-4-9-5/h1-2,5,9H,3-4H2. The van der Waals surface area contributed by atoms with Gasteiger partial charge < -0.3 is 5.32 Å². The summed E-state index contributed by atoms with van der Waals surface area (Å²) < 4.78 is 1.23. The van der Waals surface area contributed by atoms with E-state index in [9.17, 15) is 0 Å². The van der Waals surface area contributed by atoms with Crippen molar-refractivity contribution in [2.24, 2.45) is 0 Å². The Balaban J connectivity index is 2.17.